The number of hydrogen-bond acceptors (Lipinski definition) is 3. The van der Waals surface area contributed by atoms with Crippen molar-refractivity contribution in [2.45, 2.75) is 18.9 Å². The minimum atomic E-state index is 0.338. The zero-order chi connectivity index (χ0) is 9.80. The Morgan fingerprint density at radius 2 is 2.21 bits per heavy atom. The monoisotopic (exact) mass is 196 g/mol. The Kier molecular flexibility index (Phi) is 3.56. The molecule has 0 radical (unpaired) electrons. The second-order valence-corrected chi connectivity index (χ2v) is 4.19. The number of nitrogens with zero attached hydrogens (tertiary/aromatic N) is 1. The van der Waals surface area contributed by atoms with Crippen LogP contribution in [-0.4, -0.2) is 50.3 Å². The largest absolute Gasteiger partial charge is 0.374 e. The highest BCUT2D eigenvalue weighted by molar-refractivity contribution is 5.06. The summed E-state index contributed by atoms with van der Waals surface area (Å²) in [6, 6.07) is 0. The Morgan fingerprint density at radius 1 is 1.43 bits per heavy atom. The Hall–Kier alpha value is -0.380. The van der Waals surface area contributed by atoms with E-state index in [0.717, 1.165) is 39.3 Å². The number of rotatable bonds is 3. The summed E-state index contributed by atoms with van der Waals surface area (Å²) in [5.74, 6) is 0. The maximum atomic E-state index is 5.61. The first kappa shape index (κ1) is 10.1. The van der Waals surface area contributed by atoms with Gasteiger partial charge in [-0.1, -0.05) is 6.58 Å². The predicted molar refractivity (Wildman–Crippen MR) is 57.4 cm³/mol. The second kappa shape index (κ2) is 4.91. The maximum absolute atomic E-state index is 5.61. The molecule has 0 aliphatic carbocycles. The van der Waals surface area contributed by atoms with Crippen LogP contribution < -0.4 is 5.32 Å². The Labute approximate surface area is 86.1 Å². The van der Waals surface area contributed by atoms with Crippen molar-refractivity contribution in [2.75, 3.05) is 39.3 Å². The van der Waals surface area contributed by atoms with E-state index < -0.39 is 0 Å². The van der Waals surface area contributed by atoms with E-state index in [4.69, 9.17) is 4.74 Å². The van der Waals surface area contributed by atoms with Gasteiger partial charge in [-0.2, -0.15) is 0 Å². The summed E-state index contributed by atoms with van der Waals surface area (Å²) in [6.07, 6.45) is 2.71. The van der Waals surface area contributed by atoms with Crippen molar-refractivity contribution < 1.29 is 4.74 Å². The van der Waals surface area contributed by atoms with E-state index in [2.05, 4.69) is 16.8 Å². The fourth-order valence-electron chi connectivity index (χ4n) is 2.16. The zero-order valence-corrected chi connectivity index (χ0v) is 8.80. The molecule has 0 saturated carbocycles. The van der Waals surface area contributed by atoms with E-state index in [0.29, 0.717) is 6.10 Å². The summed E-state index contributed by atoms with van der Waals surface area (Å²) >= 11 is 0. The highest BCUT2D eigenvalue weighted by Crippen LogP contribution is 2.19. The van der Waals surface area contributed by atoms with Gasteiger partial charge in [-0.3, -0.25) is 4.90 Å². The van der Waals surface area contributed by atoms with Crippen LogP contribution in [-0.2, 0) is 4.74 Å². The molecule has 0 aromatic rings. The van der Waals surface area contributed by atoms with Gasteiger partial charge in [0.15, 0.2) is 0 Å². The molecule has 80 valence electrons. The Bertz CT molecular complexity index is 193. The van der Waals surface area contributed by atoms with Gasteiger partial charge in [0.1, 0.15) is 0 Å². The molecule has 0 aromatic carbocycles. The van der Waals surface area contributed by atoms with Gasteiger partial charge >= 0.3 is 0 Å². The molecule has 1 N–H and O–H groups in total. The maximum Gasteiger partial charge on any atom is 0.0795 e. The smallest absolute Gasteiger partial charge is 0.0795 e. The summed E-state index contributed by atoms with van der Waals surface area (Å²) in [5.41, 5.74) is 1.27. The lowest BCUT2D eigenvalue weighted by Gasteiger charge is -2.29. The van der Waals surface area contributed by atoms with Gasteiger partial charge in [0, 0.05) is 39.3 Å². The Morgan fingerprint density at radius 3 is 2.86 bits per heavy atom. The first-order chi connectivity index (χ1) is 6.86. The van der Waals surface area contributed by atoms with E-state index in [1.165, 1.54) is 18.4 Å². The van der Waals surface area contributed by atoms with Gasteiger partial charge in [0.2, 0.25) is 0 Å². The van der Waals surface area contributed by atoms with E-state index in [1.54, 1.807) is 0 Å². The molecule has 2 aliphatic heterocycles. The summed E-state index contributed by atoms with van der Waals surface area (Å²) in [4.78, 5) is 2.46. The Balaban J connectivity index is 1.75. The van der Waals surface area contributed by atoms with Crippen LogP contribution in [0.1, 0.15) is 12.8 Å². The average Bonchev–Trinajstić information content (AvgIpc) is 2.72. The molecule has 3 nitrogen and oxygen atoms in total. The highest BCUT2D eigenvalue weighted by atomic mass is 16.5. The molecule has 0 spiro atoms. The van der Waals surface area contributed by atoms with Crippen LogP contribution in [0.15, 0.2) is 12.2 Å². The van der Waals surface area contributed by atoms with E-state index in [1.807, 2.05) is 0 Å². The molecule has 2 rings (SSSR count). The van der Waals surface area contributed by atoms with Crippen LogP contribution in [0.25, 0.3) is 0 Å². The molecule has 14 heavy (non-hydrogen) atoms. The molecule has 1 unspecified atom stereocenters. The number of piperazine rings is 1. The van der Waals surface area contributed by atoms with Crippen LogP contribution in [0.3, 0.4) is 0 Å². The first-order valence-electron chi connectivity index (χ1n) is 5.58. The van der Waals surface area contributed by atoms with Crippen LogP contribution in [0.2, 0.25) is 0 Å². The fourth-order valence-corrected chi connectivity index (χ4v) is 2.16. The van der Waals surface area contributed by atoms with Crippen LogP contribution in [0, 0.1) is 0 Å². The van der Waals surface area contributed by atoms with Crippen molar-refractivity contribution in [3.8, 4) is 0 Å². The summed E-state index contributed by atoms with van der Waals surface area (Å²) in [5, 5.41) is 3.35. The van der Waals surface area contributed by atoms with E-state index in [9.17, 15) is 0 Å². The van der Waals surface area contributed by atoms with Crippen molar-refractivity contribution in [3.63, 3.8) is 0 Å². The molecule has 3 heteroatoms. The minimum absolute atomic E-state index is 0.338. The van der Waals surface area contributed by atoms with Crippen LogP contribution in [0.4, 0.5) is 0 Å². The fraction of sp³-hybridized carbons (Fsp3) is 0.818. The molecule has 0 bridgehead atoms. The second-order valence-electron chi connectivity index (χ2n) is 4.19. The normalized spacial score (nSPS) is 29.3. The van der Waals surface area contributed by atoms with Crippen LogP contribution in [0.5, 0.6) is 0 Å². The quantitative estimate of drug-likeness (QED) is 0.670. The molecule has 1 atom stereocenters. The average molecular weight is 196 g/mol. The lowest BCUT2D eigenvalue weighted by molar-refractivity contribution is 0.127. The van der Waals surface area contributed by atoms with Crippen molar-refractivity contribution in [1.82, 2.24) is 10.2 Å². The first-order valence-corrected chi connectivity index (χ1v) is 5.58. The zero-order valence-electron chi connectivity index (χ0n) is 8.80. The van der Waals surface area contributed by atoms with Gasteiger partial charge in [-0.25, -0.2) is 0 Å². The van der Waals surface area contributed by atoms with E-state index >= 15 is 0 Å². The lowest BCUT2D eigenvalue weighted by atomic mass is 10.1. The number of nitrogens with one attached hydrogen (secondary N) is 1. The topological polar surface area (TPSA) is 24.5 Å². The highest BCUT2D eigenvalue weighted by Gasteiger charge is 2.20. The lowest BCUT2D eigenvalue weighted by Crippen LogP contribution is -2.44. The van der Waals surface area contributed by atoms with E-state index in [-0.39, 0.29) is 0 Å². The number of hydrogen-bond donors (Lipinski definition) is 1. The third-order valence-electron chi connectivity index (χ3n) is 3.02. The molecular formula is C11H20N2O. The number of ether oxygens (including phenoxy) is 1. The van der Waals surface area contributed by atoms with Gasteiger partial charge in [-0.05, 0) is 18.4 Å². The molecule has 2 saturated heterocycles. The molecule has 2 fully saturated rings. The molecular weight excluding hydrogens is 176 g/mol. The minimum Gasteiger partial charge on any atom is -0.374 e. The molecule has 0 amide bonds. The summed E-state index contributed by atoms with van der Waals surface area (Å²) < 4.78 is 5.61. The molecule has 2 aliphatic rings. The molecule has 2 heterocycles. The van der Waals surface area contributed by atoms with Crippen molar-refractivity contribution in [3.05, 3.63) is 12.2 Å². The van der Waals surface area contributed by atoms with Crippen molar-refractivity contribution >= 4 is 0 Å². The standard InChI is InChI=1S/C11H20N2O/c1-10(11-3-2-8-14-11)9-13-6-4-12-5-7-13/h11-12H,1-9H2. The van der Waals surface area contributed by atoms with Crippen LogP contribution >= 0.6 is 0 Å². The predicted octanol–water partition coefficient (Wildman–Crippen LogP) is 0.627. The molecule has 0 aromatic heterocycles. The van der Waals surface area contributed by atoms with Gasteiger partial charge < -0.3 is 10.1 Å². The summed E-state index contributed by atoms with van der Waals surface area (Å²) in [7, 11) is 0. The van der Waals surface area contributed by atoms with Gasteiger partial charge in [0.25, 0.3) is 0 Å². The van der Waals surface area contributed by atoms with Gasteiger partial charge in [0.05, 0.1) is 6.10 Å². The van der Waals surface area contributed by atoms with Crippen molar-refractivity contribution in [1.29, 1.82) is 0 Å². The summed E-state index contributed by atoms with van der Waals surface area (Å²) in [6.45, 7) is 10.6. The van der Waals surface area contributed by atoms with Crippen molar-refractivity contribution in [2.24, 2.45) is 0 Å². The van der Waals surface area contributed by atoms with Gasteiger partial charge in [-0.15, -0.1) is 0 Å². The third kappa shape index (κ3) is 2.56. The SMILES string of the molecule is C=C(CN1CCNCC1)C1CCCO1. The third-order valence-corrected chi connectivity index (χ3v) is 3.02.